The number of hydrogen-bond donors (Lipinski definition) is 1. The van der Waals surface area contributed by atoms with E-state index < -0.39 is 0 Å². The second-order valence-corrected chi connectivity index (χ2v) is 5.94. The summed E-state index contributed by atoms with van der Waals surface area (Å²) < 4.78 is 1.59. The molecule has 0 aliphatic carbocycles. The summed E-state index contributed by atoms with van der Waals surface area (Å²) in [6.07, 6.45) is 2.80. The predicted octanol–water partition coefficient (Wildman–Crippen LogP) is 1.97. The maximum Gasteiger partial charge on any atom is 0.258 e. The number of thioether (sulfide) groups is 1. The van der Waals surface area contributed by atoms with E-state index in [1.807, 2.05) is 32.2 Å². The SMILES string of the molecule is Cc1ccc2nc(CSCCC(C)N)cc(=O)n2c1. The molecule has 0 saturated carbocycles. The molecule has 4 nitrogen and oxygen atoms in total. The second-order valence-electron chi connectivity index (χ2n) is 4.84. The minimum absolute atomic E-state index is 0.0171. The van der Waals surface area contributed by atoms with E-state index in [0.717, 1.165) is 29.2 Å². The monoisotopic (exact) mass is 277 g/mol. The quantitative estimate of drug-likeness (QED) is 0.849. The molecule has 0 aliphatic rings. The van der Waals surface area contributed by atoms with Crippen LogP contribution in [0.25, 0.3) is 5.65 Å². The van der Waals surface area contributed by atoms with E-state index in [4.69, 9.17) is 5.73 Å². The highest BCUT2D eigenvalue weighted by Gasteiger charge is 2.03. The van der Waals surface area contributed by atoms with Gasteiger partial charge < -0.3 is 5.73 Å². The van der Waals surface area contributed by atoms with Crippen molar-refractivity contribution in [3.8, 4) is 0 Å². The molecular weight excluding hydrogens is 258 g/mol. The Labute approximate surface area is 117 Å². The van der Waals surface area contributed by atoms with Gasteiger partial charge in [0.1, 0.15) is 5.65 Å². The molecule has 5 heteroatoms. The molecule has 0 aliphatic heterocycles. The van der Waals surface area contributed by atoms with E-state index in [9.17, 15) is 4.79 Å². The Hall–Kier alpha value is -1.33. The largest absolute Gasteiger partial charge is 0.328 e. The Kier molecular flexibility index (Phi) is 4.61. The molecule has 0 bridgehead atoms. The van der Waals surface area contributed by atoms with E-state index in [1.165, 1.54) is 0 Å². The number of fused-ring (bicyclic) bond motifs is 1. The first-order valence-electron chi connectivity index (χ1n) is 6.38. The number of pyridine rings is 1. The van der Waals surface area contributed by atoms with Crippen LogP contribution in [-0.2, 0) is 5.75 Å². The summed E-state index contributed by atoms with van der Waals surface area (Å²) in [6.45, 7) is 3.97. The minimum atomic E-state index is -0.0171. The first kappa shape index (κ1) is 14.1. The van der Waals surface area contributed by atoms with Crippen molar-refractivity contribution >= 4 is 17.4 Å². The van der Waals surface area contributed by atoms with Gasteiger partial charge in [0.25, 0.3) is 5.56 Å². The first-order chi connectivity index (χ1) is 9.06. The molecule has 0 saturated heterocycles. The third kappa shape index (κ3) is 3.81. The highest BCUT2D eigenvalue weighted by Crippen LogP contribution is 2.12. The van der Waals surface area contributed by atoms with Gasteiger partial charge in [0.05, 0.1) is 5.69 Å². The van der Waals surface area contributed by atoms with Gasteiger partial charge in [0, 0.05) is 24.1 Å². The molecule has 0 amide bonds. The molecule has 0 radical (unpaired) electrons. The lowest BCUT2D eigenvalue weighted by Gasteiger charge is -2.06. The van der Waals surface area contributed by atoms with Gasteiger partial charge in [0.15, 0.2) is 0 Å². The van der Waals surface area contributed by atoms with E-state index in [0.29, 0.717) is 5.65 Å². The maximum absolute atomic E-state index is 12.0. The predicted molar refractivity (Wildman–Crippen MR) is 80.6 cm³/mol. The minimum Gasteiger partial charge on any atom is -0.328 e. The molecule has 2 aromatic rings. The van der Waals surface area contributed by atoms with Crippen LogP contribution in [0.2, 0.25) is 0 Å². The Bertz CT molecular complexity index is 622. The van der Waals surface area contributed by atoms with Crippen LogP contribution in [0.4, 0.5) is 0 Å². The van der Waals surface area contributed by atoms with Gasteiger partial charge in [-0.25, -0.2) is 4.98 Å². The summed E-state index contributed by atoms with van der Waals surface area (Å²) in [7, 11) is 0. The molecule has 2 rings (SSSR count). The fraction of sp³-hybridized carbons (Fsp3) is 0.429. The van der Waals surface area contributed by atoms with Crippen LogP contribution in [0.15, 0.2) is 29.2 Å². The maximum atomic E-state index is 12.0. The van der Waals surface area contributed by atoms with Gasteiger partial charge in [-0.1, -0.05) is 6.07 Å². The third-order valence-electron chi connectivity index (χ3n) is 2.83. The average Bonchev–Trinajstić information content (AvgIpc) is 2.35. The Morgan fingerprint density at radius 3 is 3.00 bits per heavy atom. The summed E-state index contributed by atoms with van der Waals surface area (Å²) in [5, 5.41) is 0. The fourth-order valence-electron chi connectivity index (χ4n) is 1.78. The molecule has 102 valence electrons. The van der Waals surface area contributed by atoms with Crippen molar-refractivity contribution in [1.29, 1.82) is 0 Å². The lowest BCUT2D eigenvalue weighted by atomic mass is 10.3. The summed E-state index contributed by atoms with van der Waals surface area (Å²) in [6, 6.07) is 5.69. The number of aromatic nitrogens is 2. The third-order valence-corrected chi connectivity index (χ3v) is 3.85. The number of nitrogens with two attached hydrogens (primary N) is 1. The molecule has 1 atom stereocenters. The lowest BCUT2D eigenvalue weighted by Crippen LogP contribution is -2.16. The van der Waals surface area contributed by atoms with Crippen molar-refractivity contribution in [2.45, 2.75) is 32.1 Å². The Morgan fingerprint density at radius 1 is 1.47 bits per heavy atom. The topological polar surface area (TPSA) is 60.4 Å². The summed E-state index contributed by atoms with van der Waals surface area (Å²) in [5.74, 6) is 1.75. The molecule has 0 spiro atoms. The van der Waals surface area contributed by atoms with Gasteiger partial charge in [0.2, 0.25) is 0 Å². The summed E-state index contributed by atoms with van der Waals surface area (Å²) in [4.78, 5) is 16.5. The smallest absolute Gasteiger partial charge is 0.258 e. The molecule has 2 aromatic heterocycles. The van der Waals surface area contributed by atoms with Gasteiger partial charge in [-0.2, -0.15) is 11.8 Å². The number of nitrogens with zero attached hydrogens (tertiary/aromatic N) is 2. The molecular formula is C14H19N3OS. The molecule has 2 heterocycles. The summed E-state index contributed by atoms with van der Waals surface area (Å²) in [5.41, 5.74) is 8.28. The van der Waals surface area contributed by atoms with E-state index in [2.05, 4.69) is 4.98 Å². The van der Waals surface area contributed by atoms with Crippen LogP contribution >= 0.6 is 11.8 Å². The zero-order valence-electron chi connectivity index (χ0n) is 11.3. The molecule has 0 aromatic carbocycles. The van der Waals surface area contributed by atoms with Gasteiger partial charge in [-0.15, -0.1) is 0 Å². The van der Waals surface area contributed by atoms with Crippen LogP contribution < -0.4 is 11.3 Å². The van der Waals surface area contributed by atoms with E-state index in [1.54, 1.807) is 22.2 Å². The van der Waals surface area contributed by atoms with Crippen molar-refractivity contribution in [3.05, 3.63) is 46.0 Å². The van der Waals surface area contributed by atoms with E-state index >= 15 is 0 Å². The van der Waals surface area contributed by atoms with Crippen LogP contribution in [0, 0.1) is 6.92 Å². The second kappa shape index (κ2) is 6.21. The average molecular weight is 277 g/mol. The fourth-order valence-corrected chi connectivity index (χ4v) is 2.82. The van der Waals surface area contributed by atoms with Gasteiger partial charge in [-0.05, 0) is 37.7 Å². The number of rotatable bonds is 5. The van der Waals surface area contributed by atoms with Crippen LogP contribution in [0.1, 0.15) is 24.6 Å². The molecule has 19 heavy (non-hydrogen) atoms. The highest BCUT2D eigenvalue weighted by atomic mass is 32.2. The molecule has 0 fully saturated rings. The number of aryl methyl sites for hydroxylation is 1. The lowest BCUT2D eigenvalue weighted by molar-refractivity contribution is 0.721. The normalized spacial score (nSPS) is 12.8. The first-order valence-corrected chi connectivity index (χ1v) is 7.54. The van der Waals surface area contributed by atoms with Crippen molar-refractivity contribution in [1.82, 2.24) is 9.38 Å². The van der Waals surface area contributed by atoms with E-state index in [-0.39, 0.29) is 11.6 Å². The Balaban J connectivity index is 2.13. The van der Waals surface area contributed by atoms with Crippen molar-refractivity contribution in [2.24, 2.45) is 5.73 Å². The van der Waals surface area contributed by atoms with Crippen LogP contribution in [0.3, 0.4) is 0 Å². The van der Waals surface area contributed by atoms with Crippen molar-refractivity contribution in [3.63, 3.8) is 0 Å². The zero-order valence-corrected chi connectivity index (χ0v) is 12.1. The van der Waals surface area contributed by atoms with Gasteiger partial charge in [-0.3, -0.25) is 9.20 Å². The van der Waals surface area contributed by atoms with Crippen LogP contribution in [0.5, 0.6) is 0 Å². The summed E-state index contributed by atoms with van der Waals surface area (Å²) >= 11 is 1.76. The molecule has 2 N–H and O–H groups in total. The van der Waals surface area contributed by atoms with Crippen molar-refractivity contribution in [2.75, 3.05) is 5.75 Å². The van der Waals surface area contributed by atoms with Crippen molar-refractivity contribution < 1.29 is 0 Å². The number of hydrogen-bond acceptors (Lipinski definition) is 4. The standard InChI is InChI=1S/C14H19N3OS/c1-10-3-4-13-16-12(7-14(18)17(13)8-10)9-19-6-5-11(2)15/h3-4,7-8,11H,5-6,9,15H2,1-2H3. The van der Waals surface area contributed by atoms with Gasteiger partial charge >= 0.3 is 0 Å². The van der Waals surface area contributed by atoms with Crippen LogP contribution in [-0.4, -0.2) is 21.2 Å². The Morgan fingerprint density at radius 2 is 2.26 bits per heavy atom. The molecule has 1 unspecified atom stereocenters. The highest BCUT2D eigenvalue weighted by molar-refractivity contribution is 7.98. The zero-order chi connectivity index (χ0) is 13.8.